The van der Waals surface area contributed by atoms with Crippen LogP contribution < -0.4 is 14.8 Å². The number of allylic oxidation sites excluding steroid dienone is 2. The van der Waals surface area contributed by atoms with Crippen LogP contribution in [0.5, 0.6) is 11.5 Å². The fraction of sp³-hybridized carbons (Fsp3) is 0.185. The van der Waals surface area contributed by atoms with Crippen molar-refractivity contribution in [2.75, 3.05) is 6.67 Å². The Morgan fingerprint density at radius 3 is 1.72 bits per heavy atom. The summed E-state index contributed by atoms with van der Waals surface area (Å²) in [5.74, 6) is 1.26. The molecule has 0 spiro atoms. The molecule has 2 aromatic carbocycles. The van der Waals surface area contributed by atoms with Crippen LogP contribution in [0.1, 0.15) is 12.8 Å². The topological polar surface area (TPSA) is 71.1 Å². The van der Waals surface area contributed by atoms with E-state index in [1.807, 2.05) is 66.7 Å². The van der Waals surface area contributed by atoms with Crippen LogP contribution in [0.3, 0.4) is 0 Å². The van der Waals surface area contributed by atoms with Crippen molar-refractivity contribution < 1.29 is 19.1 Å². The fourth-order valence-electron chi connectivity index (χ4n) is 4.00. The number of halogens is 2. The number of benzene rings is 2. The van der Waals surface area contributed by atoms with E-state index in [1.165, 1.54) is 4.90 Å². The number of carbonyl (C=O) groups is 2. The third-order valence-corrected chi connectivity index (χ3v) is 6.54. The van der Waals surface area contributed by atoms with Gasteiger partial charge in [0.15, 0.2) is 0 Å². The molecule has 0 aromatic heterocycles. The molecule has 0 saturated carbocycles. The minimum absolute atomic E-state index is 0.0344. The first-order chi connectivity index (χ1) is 17.3. The molecule has 184 valence electrons. The second kappa shape index (κ2) is 9.76. The second-order valence-electron chi connectivity index (χ2n) is 8.42. The molecule has 7 nitrogen and oxygen atoms in total. The van der Waals surface area contributed by atoms with Crippen LogP contribution in [0.15, 0.2) is 109 Å². The maximum Gasteiger partial charge on any atom is 0.338 e. The third kappa shape index (κ3) is 5.12. The van der Waals surface area contributed by atoms with Gasteiger partial charge >= 0.3 is 12.1 Å². The lowest BCUT2D eigenvalue weighted by Gasteiger charge is -2.38. The van der Waals surface area contributed by atoms with Crippen LogP contribution in [0.2, 0.25) is 0 Å². The number of urea groups is 2. The number of rotatable bonds is 6. The summed E-state index contributed by atoms with van der Waals surface area (Å²) in [5.41, 5.74) is 1.02. The lowest BCUT2D eigenvalue weighted by Crippen LogP contribution is -2.58. The van der Waals surface area contributed by atoms with Crippen molar-refractivity contribution in [2.24, 2.45) is 0 Å². The predicted octanol–water partition coefficient (Wildman–Crippen LogP) is 6.11. The zero-order valence-corrected chi connectivity index (χ0v) is 20.7. The number of nitrogens with zero attached hydrogens (tertiary/aromatic N) is 2. The highest BCUT2D eigenvalue weighted by Crippen LogP contribution is 2.35. The van der Waals surface area contributed by atoms with Gasteiger partial charge in [-0.2, -0.15) is 0 Å². The first kappa shape index (κ1) is 24.0. The maximum absolute atomic E-state index is 13.4. The number of hydrogen-bond donors (Lipinski definition) is 1. The molecule has 36 heavy (non-hydrogen) atoms. The van der Waals surface area contributed by atoms with E-state index in [0.29, 0.717) is 29.3 Å². The van der Waals surface area contributed by atoms with E-state index in [-0.39, 0.29) is 13.1 Å². The van der Waals surface area contributed by atoms with Gasteiger partial charge in [0, 0.05) is 18.5 Å². The highest BCUT2D eigenvalue weighted by molar-refractivity contribution is 6.25. The molecule has 9 heteroatoms. The molecule has 3 aliphatic rings. The van der Waals surface area contributed by atoms with E-state index in [1.54, 1.807) is 30.4 Å². The van der Waals surface area contributed by atoms with Gasteiger partial charge in [0.25, 0.3) is 0 Å². The zero-order valence-electron chi connectivity index (χ0n) is 19.1. The normalized spacial score (nSPS) is 25.7. The van der Waals surface area contributed by atoms with E-state index in [4.69, 9.17) is 32.7 Å². The second-order valence-corrected chi connectivity index (χ2v) is 9.70. The molecule has 1 fully saturated rings. The van der Waals surface area contributed by atoms with Crippen LogP contribution in [0.4, 0.5) is 9.59 Å². The summed E-state index contributed by atoms with van der Waals surface area (Å²) < 4.78 is 11.8. The summed E-state index contributed by atoms with van der Waals surface area (Å²) in [6, 6.07) is 17.5. The molecular formula is C27H23Cl2N3O4. The number of para-hydroxylation sites is 2. The SMILES string of the molecule is O=C1NCN(C2=CCC(Cl)(Oc3ccccc3)C=C2)C(=O)N1C1=CCC(Cl)(Oc2ccccc2)C=C1. The van der Waals surface area contributed by atoms with E-state index < -0.39 is 22.2 Å². The number of hydrogen-bond acceptors (Lipinski definition) is 4. The van der Waals surface area contributed by atoms with Crippen molar-refractivity contribution >= 4 is 35.3 Å². The summed E-state index contributed by atoms with van der Waals surface area (Å²) >= 11 is 13.2. The van der Waals surface area contributed by atoms with Gasteiger partial charge in [-0.1, -0.05) is 71.8 Å². The number of carbonyl (C=O) groups excluding carboxylic acids is 2. The van der Waals surface area contributed by atoms with Crippen molar-refractivity contribution in [3.63, 3.8) is 0 Å². The van der Waals surface area contributed by atoms with Gasteiger partial charge in [-0.05, 0) is 48.6 Å². The van der Waals surface area contributed by atoms with Crippen LogP contribution >= 0.6 is 23.2 Å². The number of imide groups is 1. The van der Waals surface area contributed by atoms with Crippen LogP contribution in [0, 0.1) is 0 Å². The van der Waals surface area contributed by atoms with Crippen LogP contribution in [-0.4, -0.2) is 38.7 Å². The zero-order chi connectivity index (χ0) is 25.2. The van der Waals surface area contributed by atoms with E-state index in [0.717, 1.165) is 4.90 Å². The van der Waals surface area contributed by atoms with Crippen molar-refractivity contribution in [3.8, 4) is 11.5 Å². The average Bonchev–Trinajstić information content (AvgIpc) is 2.87. The first-order valence-electron chi connectivity index (χ1n) is 11.4. The van der Waals surface area contributed by atoms with Gasteiger partial charge in [0.1, 0.15) is 18.2 Å². The minimum Gasteiger partial charge on any atom is -0.468 e. The lowest BCUT2D eigenvalue weighted by molar-refractivity contribution is 0.153. The molecule has 5 rings (SSSR count). The Balaban J connectivity index is 1.27. The molecule has 1 saturated heterocycles. The van der Waals surface area contributed by atoms with E-state index in [9.17, 15) is 9.59 Å². The minimum atomic E-state index is -1.11. The van der Waals surface area contributed by atoms with Crippen molar-refractivity contribution in [1.82, 2.24) is 15.1 Å². The van der Waals surface area contributed by atoms with Crippen LogP contribution in [0.25, 0.3) is 0 Å². The Morgan fingerprint density at radius 1 is 0.750 bits per heavy atom. The molecule has 1 N–H and O–H groups in total. The van der Waals surface area contributed by atoms with E-state index >= 15 is 0 Å². The lowest BCUT2D eigenvalue weighted by atomic mass is 10.1. The summed E-state index contributed by atoms with van der Waals surface area (Å²) in [4.78, 5) is 28.5. The van der Waals surface area contributed by atoms with E-state index in [2.05, 4.69) is 5.32 Å². The monoisotopic (exact) mass is 523 g/mol. The van der Waals surface area contributed by atoms with Gasteiger partial charge in [-0.3, -0.25) is 4.90 Å². The summed E-state index contributed by atoms with van der Waals surface area (Å²) in [6.07, 6.45) is 10.8. The largest absolute Gasteiger partial charge is 0.468 e. The molecule has 0 bridgehead atoms. The number of nitrogens with one attached hydrogen (secondary N) is 1. The Hall–Kier alpha value is -3.68. The van der Waals surface area contributed by atoms with Crippen molar-refractivity contribution in [3.05, 3.63) is 109 Å². The highest BCUT2D eigenvalue weighted by atomic mass is 35.5. The van der Waals surface area contributed by atoms with Crippen molar-refractivity contribution in [2.45, 2.75) is 23.0 Å². The van der Waals surface area contributed by atoms with Crippen LogP contribution in [-0.2, 0) is 0 Å². The number of alkyl halides is 2. The first-order valence-corrected chi connectivity index (χ1v) is 12.1. The van der Waals surface area contributed by atoms with Crippen molar-refractivity contribution in [1.29, 1.82) is 0 Å². The summed E-state index contributed by atoms with van der Waals surface area (Å²) in [7, 11) is 0. The maximum atomic E-state index is 13.4. The average molecular weight is 524 g/mol. The summed E-state index contributed by atoms with van der Waals surface area (Å²) in [6.45, 7) is 0.0344. The third-order valence-electron chi connectivity index (χ3n) is 5.83. The molecule has 1 aliphatic heterocycles. The van der Waals surface area contributed by atoms with Gasteiger partial charge in [-0.15, -0.1) is 0 Å². The number of amides is 4. The molecular weight excluding hydrogens is 501 g/mol. The molecule has 2 aromatic rings. The van der Waals surface area contributed by atoms with Gasteiger partial charge in [-0.25, -0.2) is 14.5 Å². The summed E-state index contributed by atoms with van der Waals surface area (Å²) in [5, 5.41) is 0.563. The molecule has 1 heterocycles. The van der Waals surface area contributed by atoms with Gasteiger partial charge in [0.05, 0.1) is 5.70 Å². The Labute approximate surface area is 218 Å². The number of ether oxygens (including phenoxy) is 2. The van der Waals surface area contributed by atoms with Gasteiger partial charge < -0.3 is 14.8 Å². The standard InChI is InChI=1S/C27H23Cl2N3O4/c28-26(35-22-7-3-1-4-8-22)15-11-20(12-16-26)31-19-30-24(33)32(25(31)34)21-13-17-27(29,18-14-21)36-23-9-5-2-6-10-23/h1-15,17H,16,18-19H2,(H,30,33). The Morgan fingerprint density at radius 2 is 1.25 bits per heavy atom. The molecule has 0 radical (unpaired) electrons. The Kier molecular flexibility index (Phi) is 6.51. The molecule has 4 amide bonds. The fourth-order valence-corrected chi connectivity index (χ4v) is 4.45. The smallest absolute Gasteiger partial charge is 0.338 e. The molecule has 2 atom stereocenters. The molecule has 2 unspecified atom stereocenters. The quantitative estimate of drug-likeness (QED) is 0.464. The molecule has 2 aliphatic carbocycles. The van der Waals surface area contributed by atoms with Gasteiger partial charge in [0.2, 0.25) is 10.1 Å². The predicted molar refractivity (Wildman–Crippen MR) is 137 cm³/mol. The Bertz CT molecular complexity index is 1280. The highest BCUT2D eigenvalue weighted by Gasteiger charge is 2.39.